The van der Waals surface area contributed by atoms with Gasteiger partial charge in [0.15, 0.2) is 5.12 Å². The summed E-state index contributed by atoms with van der Waals surface area (Å²) in [5.41, 5.74) is 5.07. The minimum Gasteiger partial charge on any atom is -0.340 e. The van der Waals surface area contributed by atoms with Gasteiger partial charge in [-0.2, -0.15) is 0 Å². The number of hydrogen-bond acceptors (Lipinski definition) is 2. The number of carbonyl (C=O) groups excluding carboxylic acids is 1. The van der Waals surface area contributed by atoms with E-state index < -0.39 is 0 Å². The smallest absolute Gasteiger partial charge is 0.185 e. The van der Waals surface area contributed by atoms with Crippen molar-refractivity contribution >= 4 is 38.7 Å². The number of carbonyl (C=O) groups is 1. The van der Waals surface area contributed by atoms with E-state index in [1.807, 2.05) is 0 Å². The van der Waals surface area contributed by atoms with E-state index in [4.69, 9.17) is 0 Å². The molecule has 0 amide bonds. The Labute approximate surface area is 129 Å². The van der Waals surface area contributed by atoms with Gasteiger partial charge in [-0.05, 0) is 38.1 Å². The maximum Gasteiger partial charge on any atom is 0.185 e. The Morgan fingerprint density at radius 3 is 2.00 bits per heavy atom. The van der Waals surface area contributed by atoms with Crippen LogP contribution in [0.25, 0.3) is 21.8 Å². The SMILES string of the molecule is CC(=O)SCCn1c2ccc(C)cc2c2cc(C)ccc21. The molecule has 0 bridgehead atoms. The molecule has 0 unspecified atom stereocenters. The first kappa shape index (κ1) is 14.2. The molecule has 3 rings (SSSR count). The monoisotopic (exact) mass is 297 g/mol. The number of fused-ring (bicyclic) bond motifs is 3. The number of aryl methyl sites for hydroxylation is 3. The van der Waals surface area contributed by atoms with Crippen LogP contribution in [-0.4, -0.2) is 15.4 Å². The molecule has 0 aliphatic rings. The van der Waals surface area contributed by atoms with E-state index in [9.17, 15) is 4.79 Å². The predicted octanol–water partition coefficient (Wildman–Crippen LogP) is 4.69. The maximum atomic E-state index is 11.1. The quantitative estimate of drug-likeness (QED) is 0.699. The number of thioether (sulfide) groups is 1. The molecule has 3 aromatic rings. The van der Waals surface area contributed by atoms with Crippen LogP contribution < -0.4 is 0 Å². The van der Waals surface area contributed by atoms with Crippen molar-refractivity contribution in [3.8, 4) is 0 Å². The molecule has 0 N–H and O–H groups in total. The third-order valence-electron chi connectivity index (χ3n) is 3.80. The summed E-state index contributed by atoms with van der Waals surface area (Å²) in [4.78, 5) is 11.1. The number of benzene rings is 2. The Balaban J connectivity index is 2.17. The molecule has 0 saturated carbocycles. The third-order valence-corrected chi connectivity index (χ3v) is 4.59. The molecule has 1 aromatic heterocycles. The molecule has 0 saturated heterocycles. The molecule has 108 valence electrons. The highest BCUT2D eigenvalue weighted by Crippen LogP contribution is 2.30. The lowest BCUT2D eigenvalue weighted by Crippen LogP contribution is -2.01. The Morgan fingerprint density at radius 1 is 1.00 bits per heavy atom. The molecule has 0 spiro atoms. The van der Waals surface area contributed by atoms with E-state index in [1.54, 1.807) is 6.92 Å². The summed E-state index contributed by atoms with van der Waals surface area (Å²) >= 11 is 1.39. The van der Waals surface area contributed by atoms with Gasteiger partial charge in [0, 0.05) is 41.0 Å². The number of hydrogen-bond donors (Lipinski definition) is 0. The largest absolute Gasteiger partial charge is 0.340 e. The van der Waals surface area contributed by atoms with Gasteiger partial charge in [-0.15, -0.1) is 0 Å². The van der Waals surface area contributed by atoms with Crippen LogP contribution in [0.1, 0.15) is 18.1 Å². The fourth-order valence-electron chi connectivity index (χ4n) is 2.85. The summed E-state index contributed by atoms with van der Waals surface area (Å²) < 4.78 is 2.33. The first-order chi connectivity index (χ1) is 10.1. The van der Waals surface area contributed by atoms with E-state index in [0.717, 1.165) is 12.3 Å². The minimum absolute atomic E-state index is 0.183. The van der Waals surface area contributed by atoms with Crippen molar-refractivity contribution in [1.29, 1.82) is 0 Å². The van der Waals surface area contributed by atoms with Gasteiger partial charge in [0.2, 0.25) is 0 Å². The average molecular weight is 297 g/mol. The van der Waals surface area contributed by atoms with Crippen LogP contribution in [0, 0.1) is 13.8 Å². The van der Waals surface area contributed by atoms with Crippen molar-refractivity contribution in [3.63, 3.8) is 0 Å². The fraction of sp³-hybridized carbons (Fsp3) is 0.278. The zero-order chi connectivity index (χ0) is 15.0. The number of aromatic nitrogens is 1. The van der Waals surface area contributed by atoms with Gasteiger partial charge < -0.3 is 4.57 Å². The summed E-state index contributed by atoms with van der Waals surface area (Å²) in [6.07, 6.45) is 0. The summed E-state index contributed by atoms with van der Waals surface area (Å²) in [6, 6.07) is 13.2. The fourth-order valence-corrected chi connectivity index (χ4v) is 3.41. The van der Waals surface area contributed by atoms with Crippen LogP contribution >= 0.6 is 11.8 Å². The highest BCUT2D eigenvalue weighted by atomic mass is 32.2. The van der Waals surface area contributed by atoms with E-state index in [0.29, 0.717) is 0 Å². The topological polar surface area (TPSA) is 22.0 Å². The van der Waals surface area contributed by atoms with E-state index >= 15 is 0 Å². The van der Waals surface area contributed by atoms with Gasteiger partial charge in [-0.25, -0.2) is 0 Å². The van der Waals surface area contributed by atoms with Crippen LogP contribution in [0.2, 0.25) is 0 Å². The molecule has 3 heteroatoms. The lowest BCUT2D eigenvalue weighted by atomic mass is 10.1. The Morgan fingerprint density at radius 2 is 1.52 bits per heavy atom. The predicted molar refractivity (Wildman–Crippen MR) is 92.1 cm³/mol. The summed E-state index contributed by atoms with van der Waals surface area (Å²) in [5, 5.41) is 2.80. The Hall–Kier alpha value is -1.74. The van der Waals surface area contributed by atoms with Gasteiger partial charge in [-0.3, -0.25) is 4.79 Å². The van der Waals surface area contributed by atoms with E-state index in [1.165, 1.54) is 44.7 Å². The summed E-state index contributed by atoms with van der Waals surface area (Å²) in [6.45, 7) is 6.74. The first-order valence-electron chi connectivity index (χ1n) is 7.19. The molecule has 0 fully saturated rings. The molecular weight excluding hydrogens is 278 g/mol. The van der Waals surface area contributed by atoms with E-state index in [-0.39, 0.29) is 5.12 Å². The molecule has 2 aromatic carbocycles. The standard InChI is InChI=1S/C18H19NOS/c1-12-4-6-17-15(10-12)16-11-13(2)5-7-18(16)19(17)8-9-21-14(3)20/h4-7,10-11H,8-9H2,1-3H3. The van der Waals surface area contributed by atoms with Gasteiger partial charge in [0.05, 0.1) is 0 Å². The zero-order valence-corrected chi connectivity index (χ0v) is 13.5. The molecule has 21 heavy (non-hydrogen) atoms. The highest BCUT2D eigenvalue weighted by Gasteiger charge is 2.11. The first-order valence-corrected chi connectivity index (χ1v) is 8.17. The number of rotatable bonds is 3. The number of nitrogens with zero attached hydrogens (tertiary/aromatic N) is 1. The van der Waals surface area contributed by atoms with Gasteiger partial charge in [0.1, 0.15) is 0 Å². The van der Waals surface area contributed by atoms with Crippen LogP contribution in [0.3, 0.4) is 0 Å². The molecular formula is C18H19NOS. The lowest BCUT2D eigenvalue weighted by molar-refractivity contribution is -0.109. The maximum absolute atomic E-state index is 11.1. The normalized spacial score (nSPS) is 11.4. The Bertz CT molecular complexity index is 773. The van der Waals surface area contributed by atoms with Crippen LogP contribution in [0.4, 0.5) is 0 Å². The molecule has 0 aliphatic heterocycles. The van der Waals surface area contributed by atoms with Gasteiger partial charge >= 0.3 is 0 Å². The second-order valence-corrected chi connectivity index (χ2v) is 6.80. The molecule has 0 aliphatic carbocycles. The minimum atomic E-state index is 0.183. The van der Waals surface area contributed by atoms with Gasteiger partial charge in [0.25, 0.3) is 0 Å². The molecule has 1 heterocycles. The van der Waals surface area contributed by atoms with Crippen molar-refractivity contribution in [2.75, 3.05) is 5.75 Å². The van der Waals surface area contributed by atoms with Crippen molar-refractivity contribution in [1.82, 2.24) is 4.57 Å². The zero-order valence-electron chi connectivity index (χ0n) is 12.6. The lowest BCUT2D eigenvalue weighted by Gasteiger charge is -2.06. The molecule has 0 atom stereocenters. The van der Waals surface area contributed by atoms with Crippen LogP contribution in [-0.2, 0) is 11.3 Å². The second kappa shape index (κ2) is 5.57. The van der Waals surface area contributed by atoms with Crippen molar-refractivity contribution in [2.45, 2.75) is 27.3 Å². The van der Waals surface area contributed by atoms with E-state index in [2.05, 4.69) is 54.8 Å². The third kappa shape index (κ3) is 2.70. The highest BCUT2D eigenvalue weighted by molar-refractivity contribution is 8.13. The van der Waals surface area contributed by atoms with Gasteiger partial charge in [-0.1, -0.05) is 35.0 Å². The van der Waals surface area contributed by atoms with Crippen molar-refractivity contribution < 1.29 is 4.79 Å². The molecule has 0 radical (unpaired) electrons. The van der Waals surface area contributed by atoms with Crippen LogP contribution in [0.5, 0.6) is 0 Å². The second-order valence-electron chi connectivity index (χ2n) is 5.53. The summed E-state index contributed by atoms with van der Waals surface area (Å²) in [7, 11) is 0. The molecule has 2 nitrogen and oxygen atoms in total. The van der Waals surface area contributed by atoms with Crippen molar-refractivity contribution in [3.05, 3.63) is 47.5 Å². The average Bonchev–Trinajstić information content (AvgIpc) is 2.72. The summed E-state index contributed by atoms with van der Waals surface area (Å²) in [5.74, 6) is 0.815. The van der Waals surface area contributed by atoms with Crippen LogP contribution in [0.15, 0.2) is 36.4 Å². The Kier molecular flexibility index (Phi) is 3.77. The van der Waals surface area contributed by atoms with Crippen molar-refractivity contribution in [2.24, 2.45) is 0 Å².